The van der Waals surface area contributed by atoms with Crippen molar-refractivity contribution < 1.29 is 4.79 Å². The van der Waals surface area contributed by atoms with Crippen molar-refractivity contribution in [2.24, 2.45) is 0 Å². The zero-order chi connectivity index (χ0) is 16.8. The van der Waals surface area contributed by atoms with E-state index in [0.29, 0.717) is 10.7 Å². The van der Waals surface area contributed by atoms with Crippen LogP contribution in [0.3, 0.4) is 0 Å². The molecule has 1 heterocycles. The maximum Gasteiger partial charge on any atom is 0.234 e. The van der Waals surface area contributed by atoms with Crippen molar-refractivity contribution in [1.29, 1.82) is 0 Å². The number of carbonyl (C=O) groups is 1. The van der Waals surface area contributed by atoms with Crippen LogP contribution in [0.1, 0.15) is 24.5 Å². The van der Waals surface area contributed by atoms with Gasteiger partial charge in [-0.1, -0.05) is 47.7 Å². The van der Waals surface area contributed by atoms with Gasteiger partial charge < -0.3 is 10.6 Å². The fraction of sp³-hybridized carbons (Fsp3) is 0.400. The number of carbonyl (C=O) groups excluding carboxylic acids is 1. The number of rotatable bonds is 7. The second-order valence-electron chi connectivity index (χ2n) is 5.08. The first-order valence-electron chi connectivity index (χ1n) is 7.26. The number of amides is 1. The van der Waals surface area contributed by atoms with E-state index >= 15 is 0 Å². The second-order valence-corrected chi connectivity index (χ2v) is 7.68. The van der Waals surface area contributed by atoms with Crippen LogP contribution in [0.25, 0.3) is 0 Å². The van der Waals surface area contributed by atoms with Crippen molar-refractivity contribution in [3.63, 3.8) is 0 Å². The Morgan fingerprint density at radius 1 is 1.35 bits per heavy atom. The Hall–Kier alpha value is -1.31. The highest BCUT2D eigenvalue weighted by atomic mass is 35.5. The van der Waals surface area contributed by atoms with E-state index in [4.69, 9.17) is 11.6 Å². The SMILES string of the molecule is CCCNc1nnc(SCC(=O)Nc2c(C)cc(C)cc2Cl)s1. The molecule has 0 bridgehead atoms. The summed E-state index contributed by atoms with van der Waals surface area (Å²) in [6.45, 7) is 6.86. The maximum absolute atomic E-state index is 12.1. The number of anilines is 2. The maximum atomic E-state index is 12.1. The predicted molar refractivity (Wildman–Crippen MR) is 99.0 cm³/mol. The molecule has 0 aliphatic heterocycles. The molecule has 23 heavy (non-hydrogen) atoms. The van der Waals surface area contributed by atoms with Gasteiger partial charge in [0.25, 0.3) is 0 Å². The van der Waals surface area contributed by atoms with E-state index in [0.717, 1.165) is 33.6 Å². The Kier molecular flexibility index (Phi) is 6.68. The average Bonchev–Trinajstić information content (AvgIpc) is 2.94. The number of halogens is 1. The van der Waals surface area contributed by atoms with E-state index in [1.807, 2.05) is 26.0 Å². The van der Waals surface area contributed by atoms with E-state index in [1.165, 1.54) is 23.1 Å². The molecule has 0 fully saturated rings. The first-order valence-corrected chi connectivity index (χ1v) is 9.44. The molecule has 2 rings (SSSR count). The summed E-state index contributed by atoms with van der Waals surface area (Å²) in [6.07, 6.45) is 1.03. The highest BCUT2D eigenvalue weighted by Crippen LogP contribution is 2.29. The predicted octanol–water partition coefficient (Wildman–Crippen LogP) is 4.36. The third kappa shape index (κ3) is 5.37. The lowest BCUT2D eigenvalue weighted by Crippen LogP contribution is -2.15. The van der Waals surface area contributed by atoms with Crippen LogP contribution in [-0.4, -0.2) is 28.4 Å². The van der Waals surface area contributed by atoms with Gasteiger partial charge in [-0.15, -0.1) is 10.2 Å². The standard InChI is InChI=1S/C15H19ClN4OS2/c1-4-5-17-14-19-20-15(23-14)22-8-12(21)18-13-10(3)6-9(2)7-11(13)16/h6-7H,4-5,8H2,1-3H3,(H,17,19)(H,18,21). The summed E-state index contributed by atoms with van der Waals surface area (Å²) in [5.74, 6) is 0.161. The van der Waals surface area contributed by atoms with Crippen molar-refractivity contribution in [1.82, 2.24) is 10.2 Å². The molecular formula is C15H19ClN4OS2. The molecule has 1 amide bonds. The average molecular weight is 371 g/mol. The normalized spacial score (nSPS) is 10.6. The Labute approximate surface area is 149 Å². The number of thioether (sulfide) groups is 1. The number of hydrogen-bond donors (Lipinski definition) is 2. The molecule has 0 aliphatic rings. The van der Waals surface area contributed by atoms with Gasteiger partial charge >= 0.3 is 0 Å². The quantitative estimate of drug-likeness (QED) is 0.709. The van der Waals surface area contributed by atoms with Crippen LogP contribution in [0.5, 0.6) is 0 Å². The summed E-state index contributed by atoms with van der Waals surface area (Å²) in [4.78, 5) is 12.1. The van der Waals surface area contributed by atoms with Gasteiger partial charge in [-0.25, -0.2) is 0 Å². The number of nitrogens with one attached hydrogen (secondary N) is 2. The van der Waals surface area contributed by atoms with Gasteiger partial charge in [-0.2, -0.15) is 0 Å². The van der Waals surface area contributed by atoms with Crippen LogP contribution < -0.4 is 10.6 Å². The molecule has 0 unspecified atom stereocenters. The summed E-state index contributed by atoms with van der Waals surface area (Å²) in [5, 5.41) is 15.5. The van der Waals surface area contributed by atoms with Crippen LogP contribution in [0.15, 0.2) is 16.5 Å². The smallest absolute Gasteiger partial charge is 0.234 e. The second kappa shape index (κ2) is 8.52. The molecule has 124 valence electrons. The van der Waals surface area contributed by atoms with Gasteiger partial charge in [-0.3, -0.25) is 4.79 Å². The molecule has 1 aromatic carbocycles. The number of benzene rings is 1. The van der Waals surface area contributed by atoms with Crippen molar-refractivity contribution in [3.8, 4) is 0 Å². The lowest BCUT2D eigenvalue weighted by Gasteiger charge is -2.11. The Morgan fingerprint density at radius 2 is 2.13 bits per heavy atom. The number of aryl methyl sites for hydroxylation is 2. The molecule has 2 aromatic rings. The van der Waals surface area contributed by atoms with Gasteiger partial charge in [0.1, 0.15) is 0 Å². The molecule has 0 saturated heterocycles. The van der Waals surface area contributed by atoms with Crippen LogP contribution in [0, 0.1) is 13.8 Å². The highest BCUT2D eigenvalue weighted by molar-refractivity contribution is 8.01. The van der Waals surface area contributed by atoms with Crippen LogP contribution in [0.4, 0.5) is 10.8 Å². The molecule has 0 radical (unpaired) electrons. The van der Waals surface area contributed by atoms with Crippen molar-refractivity contribution in [3.05, 3.63) is 28.3 Å². The van der Waals surface area contributed by atoms with E-state index in [2.05, 4.69) is 27.8 Å². The third-order valence-corrected chi connectivity index (χ3v) is 5.27. The monoisotopic (exact) mass is 370 g/mol. The summed E-state index contributed by atoms with van der Waals surface area (Å²) in [5.41, 5.74) is 2.70. The molecule has 1 aromatic heterocycles. The van der Waals surface area contributed by atoms with Crippen LogP contribution in [0.2, 0.25) is 5.02 Å². The lowest BCUT2D eigenvalue weighted by atomic mass is 10.1. The van der Waals surface area contributed by atoms with Crippen LogP contribution >= 0.6 is 34.7 Å². The van der Waals surface area contributed by atoms with Gasteiger partial charge in [0, 0.05) is 6.54 Å². The molecule has 2 N–H and O–H groups in total. The summed E-state index contributed by atoms with van der Waals surface area (Å²) in [6, 6.07) is 3.83. The summed E-state index contributed by atoms with van der Waals surface area (Å²) >= 11 is 9.02. The van der Waals surface area contributed by atoms with E-state index < -0.39 is 0 Å². The minimum atomic E-state index is -0.109. The Bertz CT molecular complexity index is 667. The fourth-order valence-electron chi connectivity index (χ4n) is 1.95. The number of hydrogen-bond acceptors (Lipinski definition) is 6. The van der Waals surface area contributed by atoms with Crippen molar-refractivity contribution in [2.45, 2.75) is 31.5 Å². The lowest BCUT2D eigenvalue weighted by molar-refractivity contribution is -0.113. The van der Waals surface area contributed by atoms with Crippen LogP contribution in [-0.2, 0) is 4.79 Å². The van der Waals surface area contributed by atoms with E-state index in [-0.39, 0.29) is 11.7 Å². The minimum absolute atomic E-state index is 0.109. The van der Waals surface area contributed by atoms with Crippen molar-refractivity contribution >= 4 is 51.4 Å². The minimum Gasteiger partial charge on any atom is -0.360 e. The molecule has 0 aliphatic carbocycles. The Balaban J connectivity index is 1.89. The Morgan fingerprint density at radius 3 is 2.83 bits per heavy atom. The topological polar surface area (TPSA) is 66.9 Å². The van der Waals surface area contributed by atoms with Crippen molar-refractivity contribution in [2.75, 3.05) is 22.9 Å². The largest absolute Gasteiger partial charge is 0.360 e. The summed E-state index contributed by atoms with van der Waals surface area (Å²) < 4.78 is 0.769. The van der Waals surface area contributed by atoms with E-state index in [1.54, 1.807) is 0 Å². The number of aromatic nitrogens is 2. The molecule has 8 heteroatoms. The molecular weight excluding hydrogens is 352 g/mol. The van der Waals surface area contributed by atoms with E-state index in [9.17, 15) is 4.79 Å². The zero-order valence-corrected chi connectivity index (χ0v) is 15.7. The number of nitrogens with zero attached hydrogens (tertiary/aromatic N) is 2. The van der Waals surface area contributed by atoms with Gasteiger partial charge in [0.15, 0.2) is 4.34 Å². The fourth-order valence-corrected chi connectivity index (χ4v) is 3.89. The van der Waals surface area contributed by atoms with Gasteiger partial charge in [0.05, 0.1) is 16.5 Å². The first-order chi connectivity index (χ1) is 11.0. The highest BCUT2D eigenvalue weighted by Gasteiger charge is 2.11. The molecule has 0 saturated carbocycles. The molecule has 5 nitrogen and oxygen atoms in total. The van der Waals surface area contributed by atoms with Gasteiger partial charge in [0.2, 0.25) is 11.0 Å². The van der Waals surface area contributed by atoms with Gasteiger partial charge in [-0.05, 0) is 37.5 Å². The molecule has 0 spiro atoms. The molecule has 0 atom stereocenters. The summed E-state index contributed by atoms with van der Waals surface area (Å²) in [7, 11) is 0. The third-order valence-electron chi connectivity index (χ3n) is 2.96. The zero-order valence-electron chi connectivity index (χ0n) is 13.3. The first kappa shape index (κ1) is 18.0.